The summed E-state index contributed by atoms with van der Waals surface area (Å²) in [5.41, 5.74) is 2.49. The number of aromatic nitrogens is 4. The van der Waals surface area contributed by atoms with Crippen molar-refractivity contribution in [2.45, 2.75) is 18.9 Å². The van der Waals surface area contributed by atoms with E-state index < -0.39 is 0 Å². The Morgan fingerprint density at radius 2 is 2.18 bits per heavy atom. The Labute approximate surface area is 101 Å². The van der Waals surface area contributed by atoms with Crippen LogP contribution in [0.15, 0.2) is 24.7 Å². The van der Waals surface area contributed by atoms with Crippen LogP contribution in [-0.4, -0.2) is 26.6 Å². The number of rotatable bonds is 5. The predicted molar refractivity (Wildman–Crippen MR) is 66.5 cm³/mol. The van der Waals surface area contributed by atoms with Crippen molar-refractivity contribution in [2.24, 2.45) is 14.1 Å². The Balaban J connectivity index is 1.99. The average Bonchev–Trinajstić information content (AvgIpc) is 2.90. The summed E-state index contributed by atoms with van der Waals surface area (Å²) in [4.78, 5) is 0. The predicted octanol–water partition coefficient (Wildman–Crippen LogP) is 1.05. The molecule has 0 amide bonds. The number of hydrogen-bond donors (Lipinski definition) is 1. The van der Waals surface area contributed by atoms with Crippen LogP contribution in [-0.2, 0) is 20.5 Å². The van der Waals surface area contributed by atoms with Crippen molar-refractivity contribution < 1.29 is 0 Å². The summed E-state index contributed by atoms with van der Waals surface area (Å²) in [6, 6.07) is 2.41. The smallest absolute Gasteiger partial charge is 0.0537 e. The highest BCUT2D eigenvalue weighted by Gasteiger charge is 2.11. The van der Waals surface area contributed by atoms with Crippen molar-refractivity contribution in [3.63, 3.8) is 0 Å². The molecule has 5 nitrogen and oxygen atoms in total. The second kappa shape index (κ2) is 5.14. The molecule has 1 atom stereocenters. The zero-order valence-corrected chi connectivity index (χ0v) is 10.6. The van der Waals surface area contributed by atoms with E-state index in [4.69, 9.17) is 0 Å². The normalized spacial score (nSPS) is 12.9. The van der Waals surface area contributed by atoms with Gasteiger partial charge in [0, 0.05) is 43.8 Å². The Morgan fingerprint density at radius 1 is 1.35 bits per heavy atom. The molecule has 0 bridgehead atoms. The molecule has 0 spiro atoms. The molecule has 2 heterocycles. The van der Waals surface area contributed by atoms with Crippen LogP contribution in [0.3, 0.4) is 0 Å². The minimum Gasteiger partial charge on any atom is -0.313 e. The largest absolute Gasteiger partial charge is 0.313 e. The summed E-state index contributed by atoms with van der Waals surface area (Å²) < 4.78 is 3.76. The highest BCUT2D eigenvalue weighted by molar-refractivity contribution is 5.11. The molecule has 92 valence electrons. The molecule has 0 aliphatic rings. The van der Waals surface area contributed by atoms with Crippen molar-refractivity contribution in [1.29, 1.82) is 0 Å². The molecule has 1 unspecified atom stereocenters. The summed E-state index contributed by atoms with van der Waals surface area (Å²) in [7, 11) is 5.91. The Morgan fingerprint density at radius 3 is 2.71 bits per heavy atom. The van der Waals surface area contributed by atoms with Gasteiger partial charge in [-0.3, -0.25) is 9.36 Å². The first-order chi connectivity index (χ1) is 8.20. The van der Waals surface area contributed by atoms with Gasteiger partial charge in [0.1, 0.15) is 0 Å². The van der Waals surface area contributed by atoms with Crippen LogP contribution in [0.25, 0.3) is 0 Å². The third-order valence-electron chi connectivity index (χ3n) is 3.09. The van der Waals surface area contributed by atoms with E-state index in [0.717, 1.165) is 12.8 Å². The first-order valence-corrected chi connectivity index (χ1v) is 5.83. The van der Waals surface area contributed by atoms with Gasteiger partial charge < -0.3 is 5.32 Å². The van der Waals surface area contributed by atoms with E-state index >= 15 is 0 Å². The fourth-order valence-electron chi connectivity index (χ4n) is 2.04. The molecule has 0 saturated carbocycles. The van der Waals surface area contributed by atoms with Gasteiger partial charge in [0.15, 0.2) is 0 Å². The zero-order valence-electron chi connectivity index (χ0n) is 10.6. The number of aryl methyl sites for hydroxylation is 3. The zero-order chi connectivity index (χ0) is 12.3. The van der Waals surface area contributed by atoms with Crippen LogP contribution >= 0.6 is 0 Å². The molecule has 0 aromatic carbocycles. The Bertz CT molecular complexity index is 471. The molecule has 5 heteroatoms. The van der Waals surface area contributed by atoms with Gasteiger partial charge in [0.2, 0.25) is 0 Å². The van der Waals surface area contributed by atoms with E-state index in [1.54, 1.807) is 0 Å². The number of nitrogens with one attached hydrogen (secondary N) is 1. The van der Waals surface area contributed by atoms with Crippen LogP contribution in [0.4, 0.5) is 0 Å². The van der Waals surface area contributed by atoms with E-state index in [1.807, 2.05) is 42.9 Å². The molecule has 1 N–H and O–H groups in total. The molecular formula is C12H19N5. The van der Waals surface area contributed by atoms with Gasteiger partial charge in [-0.15, -0.1) is 0 Å². The summed E-state index contributed by atoms with van der Waals surface area (Å²) in [5.74, 6) is 0. The summed E-state index contributed by atoms with van der Waals surface area (Å²) in [6.07, 6.45) is 7.88. The van der Waals surface area contributed by atoms with Gasteiger partial charge in [-0.2, -0.15) is 10.2 Å². The van der Waals surface area contributed by atoms with Gasteiger partial charge >= 0.3 is 0 Å². The number of nitrogens with zero attached hydrogens (tertiary/aromatic N) is 4. The first kappa shape index (κ1) is 11.9. The Hall–Kier alpha value is -1.62. The van der Waals surface area contributed by atoms with Crippen LogP contribution in [0, 0.1) is 0 Å². The SMILES string of the molecule is CNC(CCc1ccnn1C)c1cnn(C)c1. The maximum Gasteiger partial charge on any atom is 0.0537 e. The van der Waals surface area contributed by atoms with Crippen molar-refractivity contribution in [1.82, 2.24) is 24.9 Å². The highest BCUT2D eigenvalue weighted by atomic mass is 15.3. The molecule has 17 heavy (non-hydrogen) atoms. The molecule has 0 aliphatic heterocycles. The molecule has 2 rings (SSSR count). The fraction of sp³-hybridized carbons (Fsp3) is 0.500. The van der Waals surface area contributed by atoms with Crippen LogP contribution in [0.2, 0.25) is 0 Å². The van der Waals surface area contributed by atoms with E-state index in [0.29, 0.717) is 6.04 Å². The molecule has 0 fully saturated rings. The van der Waals surface area contributed by atoms with Crippen molar-refractivity contribution in [2.75, 3.05) is 7.05 Å². The lowest BCUT2D eigenvalue weighted by Gasteiger charge is -2.14. The molecular weight excluding hydrogens is 214 g/mol. The summed E-state index contributed by atoms with van der Waals surface area (Å²) >= 11 is 0. The van der Waals surface area contributed by atoms with E-state index in [-0.39, 0.29) is 0 Å². The molecule has 0 saturated heterocycles. The van der Waals surface area contributed by atoms with Crippen LogP contribution in [0.1, 0.15) is 23.7 Å². The number of hydrogen-bond acceptors (Lipinski definition) is 3. The molecule has 2 aromatic heterocycles. The van der Waals surface area contributed by atoms with E-state index in [1.165, 1.54) is 11.3 Å². The van der Waals surface area contributed by atoms with E-state index in [2.05, 4.69) is 27.8 Å². The quantitative estimate of drug-likeness (QED) is 0.839. The van der Waals surface area contributed by atoms with Gasteiger partial charge in [0.25, 0.3) is 0 Å². The maximum absolute atomic E-state index is 4.21. The lowest BCUT2D eigenvalue weighted by atomic mass is 10.0. The lowest BCUT2D eigenvalue weighted by molar-refractivity contribution is 0.535. The first-order valence-electron chi connectivity index (χ1n) is 5.83. The maximum atomic E-state index is 4.21. The third-order valence-corrected chi connectivity index (χ3v) is 3.09. The standard InChI is InChI=1S/C12H19N5/c1-13-12(10-8-15-16(2)9-10)5-4-11-6-7-14-17(11)3/h6-9,12-13H,4-5H2,1-3H3. The van der Waals surface area contributed by atoms with Gasteiger partial charge in [0.05, 0.1) is 6.20 Å². The lowest BCUT2D eigenvalue weighted by Crippen LogP contribution is -2.17. The second-order valence-corrected chi connectivity index (χ2v) is 4.27. The fourth-order valence-corrected chi connectivity index (χ4v) is 2.04. The second-order valence-electron chi connectivity index (χ2n) is 4.27. The minimum atomic E-state index is 0.346. The third kappa shape index (κ3) is 2.74. The topological polar surface area (TPSA) is 47.7 Å². The molecule has 0 radical (unpaired) electrons. The van der Waals surface area contributed by atoms with Crippen LogP contribution in [0.5, 0.6) is 0 Å². The Kier molecular flexibility index (Phi) is 3.58. The molecule has 2 aromatic rings. The average molecular weight is 233 g/mol. The van der Waals surface area contributed by atoms with Gasteiger partial charge in [-0.05, 0) is 26.0 Å². The van der Waals surface area contributed by atoms with Gasteiger partial charge in [-0.1, -0.05) is 0 Å². The summed E-state index contributed by atoms with van der Waals surface area (Å²) in [5, 5.41) is 11.7. The monoisotopic (exact) mass is 233 g/mol. The minimum absolute atomic E-state index is 0.346. The van der Waals surface area contributed by atoms with Crippen LogP contribution < -0.4 is 5.32 Å². The van der Waals surface area contributed by atoms with Gasteiger partial charge in [-0.25, -0.2) is 0 Å². The van der Waals surface area contributed by atoms with Crippen molar-refractivity contribution >= 4 is 0 Å². The highest BCUT2D eigenvalue weighted by Crippen LogP contribution is 2.17. The van der Waals surface area contributed by atoms with Crippen molar-refractivity contribution in [3.8, 4) is 0 Å². The van der Waals surface area contributed by atoms with Crippen molar-refractivity contribution in [3.05, 3.63) is 35.9 Å². The summed E-state index contributed by atoms with van der Waals surface area (Å²) in [6.45, 7) is 0. The van der Waals surface area contributed by atoms with E-state index in [9.17, 15) is 0 Å². The molecule has 0 aliphatic carbocycles.